The Morgan fingerprint density at radius 1 is 1.03 bits per heavy atom. The van der Waals surface area contributed by atoms with Gasteiger partial charge in [-0.1, -0.05) is 30.3 Å². The van der Waals surface area contributed by atoms with Gasteiger partial charge in [0.1, 0.15) is 0 Å². The van der Waals surface area contributed by atoms with Gasteiger partial charge in [0.05, 0.1) is 18.8 Å². The number of benzene rings is 1. The summed E-state index contributed by atoms with van der Waals surface area (Å²) in [6.07, 6.45) is 7.37. The Morgan fingerprint density at radius 3 is 2.52 bits per heavy atom. The molecule has 2 aromatic rings. The molecule has 3 aliphatic rings. The average Bonchev–Trinajstić information content (AvgIpc) is 3.72. The number of hydrogen-bond donors (Lipinski definition) is 1. The summed E-state index contributed by atoms with van der Waals surface area (Å²) in [7, 11) is 1.73. The number of aryl methyl sites for hydroxylation is 1. The normalized spacial score (nSPS) is 19.8. The minimum atomic E-state index is -0.130. The summed E-state index contributed by atoms with van der Waals surface area (Å²) in [5.41, 5.74) is 2.99. The summed E-state index contributed by atoms with van der Waals surface area (Å²) in [6.45, 7) is 0.811. The van der Waals surface area contributed by atoms with E-state index in [-0.39, 0.29) is 24.3 Å². The molecule has 0 bridgehead atoms. The average molecular weight is 449 g/mol. The third-order valence-corrected chi connectivity index (χ3v) is 6.76. The van der Waals surface area contributed by atoms with Crippen molar-refractivity contribution in [2.45, 2.75) is 57.4 Å². The Bertz CT molecular complexity index is 1020. The molecule has 7 nitrogen and oxygen atoms in total. The predicted octanol–water partition coefficient (Wildman–Crippen LogP) is 3.16. The van der Waals surface area contributed by atoms with Crippen molar-refractivity contribution in [2.75, 3.05) is 20.2 Å². The molecular formula is C26H32N4O3. The predicted molar refractivity (Wildman–Crippen MR) is 125 cm³/mol. The van der Waals surface area contributed by atoms with Crippen molar-refractivity contribution in [3.05, 3.63) is 41.6 Å². The summed E-state index contributed by atoms with van der Waals surface area (Å²) < 4.78 is 6.19. The molecular weight excluding hydrogens is 416 g/mol. The van der Waals surface area contributed by atoms with Gasteiger partial charge in [-0.15, -0.1) is 0 Å². The van der Waals surface area contributed by atoms with Crippen molar-refractivity contribution in [3.8, 4) is 17.3 Å². The molecule has 3 aliphatic carbocycles. The Labute approximate surface area is 194 Å². The second-order valence-electron chi connectivity index (χ2n) is 9.71. The molecule has 2 saturated carbocycles. The first-order valence-corrected chi connectivity index (χ1v) is 12.2. The number of likely N-dealkylation sites (N-methyl/N-ethyl adjacent to an activating group) is 1. The van der Waals surface area contributed by atoms with Gasteiger partial charge in [-0.3, -0.25) is 9.59 Å². The van der Waals surface area contributed by atoms with Crippen LogP contribution >= 0.6 is 0 Å². The molecule has 0 aliphatic heterocycles. The van der Waals surface area contributed by atoms with E-state index >= 15 is 0 Å². The highest BCUT2D eigenvalue weighted by atomic mass is 16.5. The Kier molecular flexibility index (Phi) is 6.29. The molecule has 7 heteroatoms. The summed E-state index contributed by atoms with van der Waals surface area (Å²) >= 11 is 0. The molecule has 5 rings (SSSR count). The largest absolute Gasteiger partial charge is 0.477 e. The SMILES string of the molecule is CN(CC(=O)NC1CC1)C(=O)C1CCc2nc(-c3ccccc3)nc(OCC3CC3)c2CC1. The van der Waals surface area contributed by atoms with Crippen LogP contribution in [0.3, 0.4) is 0 Å². The lowest BCUT2D eigenvalue weighted by atomic mass is 9.98. The fraction of sp³-hybridized carbons (Fsp3) is 0.538. The number of ether oxygens (including phenoxy) is 1. The maximum atomic E-state index is 13.1. The molecule has 0 spiro atoms. The smallest absolute Gasteiger partial charge is 0.239 e. The lowest BCUT2D eigenvalue weighted by molar-refractivity contribution is -0.138. The number of amides is 2. The maximum Gasteiger partial charge on any atom is 0.239 e. The molecule has 1 heterocycles. The van der Waals surface area contributed by atoms with Crippen molar-refractivity contribution in [2.24, 2.45) is 11.8 Å². The van der Waals surface area contributed by atoms with E-state index in [2.05, 4.69) is 5.32 Å². The number of aromatic nitrogens is 2. The van der Waals surface area contributed by atoms with E-state index < -0.39 is 0 Å². The number of carbonyl (C=O) groups is 2. The third-order valence-electron chi connectivity index (χ3n) is 6.76. The van der Waals surface area contributed by atoms with E-state index in [1.165, 1.54) is 12.8 Å². The van der Waals surface area contributed by atoms with E-state index in [1.54, 1.807) is 11.9 Å². The molecule has 1 aromatic carbocycles. The number of nitrogens with zero attached hydrogens (tertiary/aromatic N) is 3. The number of nitrogens with one attached hydrogen (secondary N) is 1. The van der Waals surface area contributed by atoms with Crippen LogP contribution in [-0.2, 0) is 22.4 Å². The summed E-state index contributed by atoms with van der Waals surface area (Å²) in [5.74, 6) is 1.82. The minimum absolute atomic E-state index is 0.0328. The lowest BCUT2D eigenvalue weighted by Crippen LogP contribution is -2.41. The second-order valence-corrected chi connectivity index (χ2v) is 9.71. The molecule has 174 valence electrons. The third kappa shape index (κ3) is 5.52. The Morgan fingerprint density at radius 2 is 1.79 bits per heavy atom. The molecule has 1 aromatic heterocycles. The van der Waals surface area contributed by atoms with E-state index in [4.69, 9.17) is 14.7 Å². The second kappa shape index (κ2) is 9.49. The zero-order chi connectivity index (χ0) is 22.8. The maximum absolute atomic E-state index is 13.1. The summed E-state index contributed by atoms with van der Waals surface area (Å²) in [5, 5.41) is 2.96. The first kappa shape index (κ1) is 21.9. The molecule has 33 heavy (non-hydrogen) atoms. The Balaban J connectivity index is 1.31. The van der Waals surface area contributed by atoms with Crippen LogP contribution in [0, 0.1) is 11.8 Å². The zero-order valence-electron chi connectivity index (χ0n) is 19.3. The Hall–Kier alpha value is -2.96. The molecule has 1 N–H and O–H groups in total. The van der Waals surface area contributed by atoms with Gasteiger partial charge in [0, 0.05) is 30.1 Å². The number of rotatable bonds is 8. The fourth-order valence-corrected chi connectivity index (χ4v) is 4.41. The van der Waals surface area contributed by atoms with Crippen LogP contribution in [0.25, 0.3) is 11.4 Å². The molecule has 0 radical (unpaired) electrons. The van der Waals surface area contributed by atoms with Gasteiger partial charge >= 0.3 is 0 Å². The standard InChI is InChI=1S/C26H32N4O3/c1-30(15-23(31)27-20-11-12-20)26(32)19-9-13-21-22(14-10-19)28-24(18-5-3-2-4-6-18)29-25(21)33-16-17-7-8-17/h2-6,17,19-20H,7-16H2,1H3,(H,27,31). The van der Waals surface area contributed by atoms with Crippen LogP contribution in [0.15, 0.2) is 30.3 Å². The first-order chi connectivity index (χ1) is 16.1. The van der Waals surface area contributed by atoms with Crippen LogP contribution < -0.4 is 10.1 Å². The number of hydrogen-bond acceptors (Lipinski definition) is 5. The molecule has 0 saturated heterocycles. The minimum Gasteiger partial charge on any atom is -0.477 e. The van der Waals surface area contributed by atoms with Gasteiger partial charge in [-0.2, -0.15) is 4.98 Å². The van der Waals surface area contributed by atoms with Gasteiger partial charge in [0.2, 0.25) is 17.7 Å². The van der Waals surface area contributed by atoms with Gasteiger partial charge in [0.15, 0.2) is 5.82 Å². The molecule has 1 unspecified atom stereocenters. The van der Waals surface area contributed by atoms with Gasteiger partial charge in [-0.25, -0.2) is 4.98 Å². The van der Waals surface area contributed by atoms with Crippen molar-refractivity contribution in [1.82, 2.24) is 20.2 Å². The van der Waals surface area contributed by atoms with Crippen molar-refractivity contribution in [1.29, 1.82) is 0 Å². The van der Waals surface area contributed by atoms with Crippen LogP contribution in [0.2, 0.25) is 0 Å². The number of carbonyl (C=O) groups excluding carboxylic acids is 2. The van der Waals surface area contributed by atoms with Crippen molar-refractivity contribution in [3.63, 3.8) is 0 Å². The summed E-state index contributed by atoms with van der Waals surface area (Å²) in [4.78, 5) is 36.5. The first-order valence-electron chi connectivity index (χ1n) is 12.2. The van der Waals surface area contributed by atoms with E-state index in [0.717, 1.165) is 29.7 Å². The topological polar surface area (TPSA) is 84.4 Å². The lowest BCUT2D eigenvalue weighted by Gasteiger charge is -2.22. The molecule has 2 amide bonds. The molecule has 1 atom stereocenters. The van der Waals surface area contributed by atoms with Crippen LogP contribution in [-0.4, -0.2) is 52.9 Å². The van der Waals surface area contributed by atoms with Crippen LogP contribution in [0.1, 0.15) is 49.8 Å². The fourth-order valence-electron chi connectivity index (χ4n) is 4.41. The van der Waals surface area contributed by atoms with E-state index in [1.807, 2.05) is 30.3 Å². The monoisotopic (exact) mass is 448 g/mol. The van der Waals surface area contributed by atoms with E-state index in [9.17, 15) is 9.59 Å². The number of fused-ring (bicyclic) bond motifs is 1. The molecule has 2 fully saturated rings. The van der Waals surface area contributed by atoms with Gasteiger partial charge in [-0.05, 0) is 57.3 Å². The van der Waals surface area contributed by atoms with E-state index in [0.29, 0.717) is 56.0 Å². The van der Waals surface area contributed by atoms with Crippen LogP contribution in [0.4, 0.5) is 0 Å². The zero-order valence-corrected chi connectivity index (χ0v) is 19.3. The van der Waals surface area contributed by atoms with Gasteiger partial charge < -0.3 is 15.0 Å². The highest BCUT2D eigenvalue weighted by Gasteiger charge is 2.30. The quantitative estimate of drug-likeness (QED) is 0.627. The van der Waals surface area contributed by atoms with Crippen molar-refractivity contribution < 1.29 is 14.3 Å². The van der Waals surface area contributed by atoms with Gasteiger partial charge in [0.25, 0.3) is 0 Å². The van der Waals surface area contributed by atoms with Crippen molar-refractivity contribution >= 4 is 11.8 Å². The van der Waals surface area contributed by atoms with Crippen LogP contribution in [0.5, 0.6) is 5.88 Å². The highest BCUT2D eigenvalue weighted by Crippen LogP contribution is 2.34. The highest BCUT2D eigenvalue weighted by molar-refractivity contribution is 5.86. The summed E-state index contributed by atoms with van der Waals surface area (Å²) in [6, 6.07) is 10.3.